The van der Waals surface area contributed by atoms with Crippen molar-refractivity contribution in [1.29, 1.82) is 0 Å². The van der Waals surface area contributed by atoms with Gasteiger partial charge in [0.15, 0.2) is 0 Å². The average Bonchev–Trinajstić information content (AvgIpc) is 2.65. The van der Waals surface area contributed by atoms with Crippen LogP contribution in [0, 0.1) is 6.92 Å². The number of halogens is 1. The van der Waals surface area contributed by atoms with Crippen molar-refractivity contribution in [3.8, 4) is 16.3 Å². The van der Waals surface area contributed by atoms with Crippen LogP contribution in [0.4, 0.5) is 0 Å². The predicted molar refractivity (Wildman–Crippen MR) is 63.8 cm³/mol. The van der Waals surface area contributed by atoms with E-state index in [1.807, 2.05) is 30.5 Å². The zero-order valence-corrected chi connectivity index (χ0v) is 10.0. The van der Waals surface area contributed by atoms with E-state index in [0.29, 0.717) is 5.15 Å². The van der Waals surface area contributed by atoms with E-state index in [2.05, 4.69) is 4.98 Å². The maximum atomic E-state index is 5.80. The smallest absolute Gasteiger partial charge is 0.140 e. The third-order valence-electron chi connectivity index (χ3n) is 2.06. The fourth-order valence-corrected chi connectivity index (χ4v) is 2.33. The first-order chi connectivity index (χ1) is 7.20. The monoisotopic (exact) mass is 239 g/mol. The minimum absolute atomic E-state index is 0.526. The highest BCUT2D eigenvalue weighted by atomic mass is 35.5. The van der Waals surface area contributed by atoms with Gasteiger partial charge in [-0.2, -0.15) is 0 Å². The van der Waals surface area contributed by atoms with Gasteiger partial charge in [0.05, 0.1) is 12.7 Å². The molecule has 0 unspecified atom stereocenters. The molecule has 2 rings (SSSR count). The van der Waals surface area contributed by atoms with Gasteiger partial charge in [0, 0.05) is 5.38 Å². The van der Waals surface area contributed by atoms with E-state index in [-0.39, 0.29) is 0 Å². The summed E-state index contributed by atoms with van der Waals surface area (Å²) < 4.78 is 5.29. The van der Waals surface area contributed by atoms with E-state index >= 15 is 0 Å². The minimum atomic E-state index is 0.526. The zero-order chi connectivity index (χ0) is 10.8. The standard InChI is InChI=1S/C11H10ClNOS/c1-7-3-4-9(14-2)8(5-7)11-13-10(12)6-15-11/h3-6H,1-2H3. The van der Waals surface area contributed by atoms with Gasteiger partial charge >= 0.3 is 0 Å². The van der Waals surface area contributed by atoms with Crippen LogP contribution in [-0.4, -0.2) is 12.1 Å². The number of thiazole rings is 1. The van der Waals surface area contributed by atoms with Crippen LogP contribution in [0.25, 0.3) is 10.6 Å². The lowest BCUT2D eigenvalue weighted by atomic mass is 10.1. The second-order valence-corrected chi connectivity index (χ2v) is 4.42. The molecule has 0 spiro atoms. The Morgan fingerprint density at radius 1 is 1.40 bits per heavy atom. The predicted octanol–water partition coefficient (Wildman–Crippen LogP) is 3.78. The van der Waals surface area contributed by atoms with Crippen LogP contribution in [0.5, 0.6) is 5.75 Å². The Kier molecular flexibility index (Phi) is 2.93. The van der Waals surface area contributed by atoms with Crippen molar-refractivity contribution in [1.82, 2.24) is 4.98 Å². The Labute approximate surface area is 97.5 Å². The average molecular weight is 240 g/mol. The molecule has 0 amide bonds. The lowest BCUT2D eigenvalue weighted by molar-refractivity contribution is 0.416. The van der Waals surface area contributed by atoms with E-state index in [9.17, 15) is 0 Å². The molecule has 0 saturated carbocycles. The van der Waals surface area contributed by atoms with Crippen molar-refractivity contribution >= 4 is 22.9 Å². The molecule has 78 valence electrons. The molecule has 0 aliphatic carbocycles. The molecule has 0 aliphatic rings. The number of hydrogen-bond acceptors (Lipinski definition) is 3. The molecule has 4 heteroatoms. The van der Waals surface area contributed by atoms with Crippen LogP contribution in [0.1, 0.15) is 5.56 Å². The molecule has 1 aromatic carbocycles. The number of methoxy groups -OCH3 is 1. The highest BCUT2D eigenvalue weighted by Crippen LogP contribution is 2.33. The van der Waals surface area contributed by atoms with E-state index in [4.69, 9.17) is 16.3 Å². The topological polar surface area (TPSA) is 22.1 Å². The van der Waals surface area contributed by atoms with Crippen LogP contribution in [0.3, 0.4) is 0 Å². The molecule has 0 fully saturated rings. The highest BCUT2D eigenvalue weighted by molar-refractivity contribution is 7.13. The quantitative estimate of drug-likeness (QED) is 0.796. The summed E-state index contributed by atoms with van der Waals surface area (Å²) in [7, 11) is 1.66. The number of ether oxygens (including phenoxy) is 1. The SMILES string of the molecule is COc1ccc(C)cc1-c1nc(Cl)cs1. The lowest BCUT2D eigenvalue weighted by Crippen LogP contribution is -1.88. The summed E-state index contributed by atoms with van der Waals surface area (Å²) in [5, 5.41) is 3.23. The molecular weight excluding hydrogens is 230 g/mol. The fourth-order valence-electron chi connectivity index (χ4n) is 1.37. The van der Waals surface area contributed by atoms with Gasteiger partial charge in [-0.1, -0.05) is 23.2 Å². The largest absolute Gasteiger partial charge is 0.496 e. The van der Waals surface area contributed by atoms with Gasteiger partial charge in [0.2, 0.25) is 0 Å². The maximum Gasteiger partial charge on any atom is 0.140 e. The molecule has 0 atom stereocenters. The molecule has 0 aliphatic heterocycles. The highest BCUT2D eigenvalue weighted by Gasteiger charge is 2.09. The number of aryl methyl sites for hydroxylation is 1. The van der Waals surface area contributed by atoms with Crippen LogP contribution in [0.15, 0.2) is 23.6 Å². The third kappa shape index (κ3) is 2.13. The molecule has 0 radical (unpaired) electrons. The fraction of sp³-hybridized carbons (Fsp3) is 0.182. The molecule has 1 heterocycles. The summed E-state index contributed by atoms with van der Waals surface area (Å²) in [6.45, 7) is 2.04. The number of benzene rings is 1. The van der Waals surface area contributed by atoms with E-state index in [0.717, 1.165) is 16.3 Å². The molecule has 0 bridgehead atoms. The van der Waals surface area contributed by atoms with Gasteiger partial charge < -0.3 is 4.74 Å². The van der Waals surface area contributed by atoms with Crippen molar-refractivity contribution in [3.05, 3.63) is 34.3 Å². The van der Waals surface area contributed by atoms with Gasteiger partial charge in [-0.3, -0.25) is 0 Å². The lowest BCUT2D eigenvalue weighted by Gasteiger charge is -2.06. The van der Waals surface area contributed by atoms with Gasteiger partial charge in [0.25, 0.3) is 0 Å². The second kappa shape index (κ2) is 4.21. The van der Waals surface area contributed by atoms with Crippen molar-refractivity contribution in [2.24, 2.45) is 0 Å². The maximum absolute atomic E-state index is 5.80. The molecule has 2 aromatic rings. The summed E-state index contributed by atoms with van der Waals surface area (Å²) in [6.07, 6.45) is 0. The first kappa shape index (κ1) is 10.5. The molecule has 2 nitrogen and oxygen atoms in total. The summed E-state index contributed by atoms with van der Waals surface area (Å²) >= 11 is 7.32. The number of hydrogen-bond donors (Lipinski definition) is 0. The van der Waals surface area contributed by atoms with Crippen molar-refractivity contribution < 1.29 is 4.74 Å². The minimum Gasteiger partial charge on any atom is -0.496 e. The van der Waals surface area contributed by atoms with E-state index in [1.54, 1.807) is 7.11 Å². The Balaban J connectivity index is 2.55. The number of aromatic nitrogens is 1. The summed E-state index contributed by atoms with van der Waals surface area (Å²) in [5.41, 5.74) is 2.17. The Morgan fingerprint density at radius 2 is 2.20 bits per heavy atom. The summed E-state index contributed by atoms with van der Waals surface area (Å²) in [6, 6.07) is 6.01. The number of nitrogens with zero attached hydrogens (tertiary/aromatic N) is 1. The third-order valence-corrected chi connectivity index (χ3v) is 3.26. The number of rotatable bonds is 2. The van der Waals surface area contributed by atoms with Crippen molar-refractivity contribution in [2.45, 2.75) is 6.92 Å². The zero-order valence-electron chi connectivity index (χ0n) is 8.45. The van der Waals surface area contributed by atoms with Gasteiger partial charge in [0.1, 0.15) is 15.9 Å². The van der Waals surface area contributed by atoms with E-state index in [1.165, 1.54) is 16.9 Å². The van der Waals surface area contributed by atoms with Crippen molar-refractivity contribution in [3.63, 3.8) is 0 Å². The normalized spacial score (nSPS) is 10.3. The van der Waals surface area contributed by atoms with Gasteiger partial charge in [-0.25, -0.2) is 4.98 Å². The molecule has 1 aromatic heterocycles. The molecule has 0 saturated heterocycles. The Bertz CT molecular complexity index is 481. The second-order valence-electron chi connectivity index (χ2n) is 3.18. The van der Waals surface area contributed by atoms with Crippen LogP contribution in [-0.2, 0) is 0 Å². The van der Waals surface area contributed by atoms with Crippen LogP contribution < -0.4 is 4.74 Å². The van der Waals surface area contributed by atoms with Gasteiger partial charge in [-0.15, -0.1) is 11.3 Å². The summed E-state index contributed by atoms with van der Waals surface area (Å²) in [4.78, 5) is 4.23. The first-order valence-corrected chi connectivity index (χ1v) is 5.72. The molecule has 15 heavy (non-hydrogen) atoms. The first-order valence-electron chi connectivity index (χ1n) is 4.47. The Morgan fingerprint density at radius 3 is 2.80 bits per heavy atom. The molecular formula is C11H10ClNOS. The van der Waals surface area contributed by atoms with Gasteiger partial charge in [-0.05, 0) is 19.1 Å². The van der Waals surface area contributed by atoms with Crippen LogP contribution >= 0.6 is 22.9 Å². The Hall–Kier alpha value is -1.06. The van der Waals surface area contributed by atoms with Crippen molar-refractivity contribution in [2.75, 3.05) is 7.11 Å². The van der Waals surface area contributed by atoms with E-state index < -0.39 is 0 Å². The molecule has 0 N–H and O–H groups in total. The van der Waals surface area contributed by atoms with Crippen LogP contribution in [0.2, 0.25) is 5.15 Å². The summed E-state index contributed by atoms with van der Waals surface area (Å²) in [5.74, 6) is 0.826.